The van der Waals surface area contributed by atoms with E-state index in [4.69, 9.17) is 0 Å². The average Bonchev–Trinajstić information content (AvgIpc) is 2.75. The molecule has 0 aliphatic rings. The molecule has 0 saturated carbocycles. The van der Waals surface area contributed by atoms with Crippen LogP contribution in [0, 0.1) is 5.82 Å². The summed E-state index contributed by atoms with van der Waals surface area (Å²) in [6.07, 6.45) is 1.63. The Morgan fingerprint density at radius 1 is 1.03 bits per heavy atom. The summed E-state index contributed by atoms with van der Waals surface area (Å²) >= 11 is 0. The minimum atomic E-state index is -3.97. The lowest BCUT2D eigenvalue weighted by molar-refractivity contribution is -0.139. The number of para-hydroxylation sites is 1. The minimum absolute atomic E-state index is 0.0791. The van der Waals surface area contributed by atoms with Gasteiger partial charge in [-0.2, -0.15) is 0 Å². The number of sulfonamides is 1. The molecule has 0 aliphatic heterocycles. The molecule has 0 saturated heterocycles. The molecule has 7 nitrogen and oxygen atoms in total. The van der Waals surface area contributed by atoms with Crippen LogP contribution in [0.2, 0.25) is 0 Å². The highest BCUT2D eigenvalue weighted by Gasteiger charge is 2.31. The molecule has 2 rings (SSSR count). The number of anilines is 1. The fourth-order valence-corrected chi connectivity index (χ4v) is 3.93. The van der Waals surface area contributed by atoms with Crippen LogP contribution in [0.4, 0.5) is 10.1 Å². The van der Waals surface area contributed by atoms with Crippen molar-refractivity contribution < 1.29 is 22.4 Å². The highest BCUT2D eigenvalue weighted by Crippen LogP contribution is 2.22. The van der Waals surface area contributed by atoms with Gasteiger partial charge in [-0.3, -0.25) is 13.9 Å². The molecule has 0 bridgehead atoms. The highest BCUT2D eigenvalue weighted by atomic mass is 32.2. The van der Waals surface area contributed by atoms with Gasteiger partial charge in [0, 0.05) is 12.6 Å². The number of nitrogens with zero attached hydrogens (tertiary/aromatic N) is 2. The predicted octanol–water partition coefficient (Wildman–Crippen LogP) is 2.92. The molecule has 9 heteroatoms. The first-order chi connectivity index (χ1) is 15.0. The van der Waals surface area contributed by atoms with E-state index in [-0.39, 0.29) is 24.2 Å². The lowest BCUT2D eigenvalue weighted by Gasteiger charge is -2.32. The number of hydrogen-bond acceptors (Lipinski definition) is 4. The second-order valence-corrected chi connectivity index (χ2v) is 9.63. The zero-order valence-corrected chi connectivity index (χ0v) is 19.6. The third kappa shape index (κ3) is 6.78. The maximum absolute atomic E-state index is 14.3. The summed E-state index contributed by atoms with van der Waals surface area (Å²) in [6, 6.07) is 13.5. The Bertz CT molecular complexity index is 1030. The zero-order chi connectivity index (χ0) is 23.9. The van der Waals surface area contributed by atoms with Gasteiger partial charge in [0.15, 0.2) is 0 Å². The highest BCUT2D eigenvalue weighted by molar-refractivity contribution is 7.92. The maximum Gasteiger partial charge on any atom is 0.244 e. The van der Waals surface area contributed by atoms with Crippen molar-refractivity contribution >= 4 is 27.5 Å². The van der Waals surface area contributed by atoms with Crippen molar-refractivity contribution in [3.8, 4) is 0 Å². The standard InChI is InChI=1S/C23H30FN3O4S/c1-5-17(2)25-23(29)18(3)26(15-19-11-7-6-8-12-19)22(28)16-27(32(4,30)31)21-14-10-9-13-20(21)24/h6-14,17-18H,5,15-16H2,1-4H3,(H,25,29)/t17-,18-/m1/s1. The Hall–Kier alpha value is -2.94. The Morgan fingerprint density at radius 3 is 2.19 bits per heavy atom. The lowest BCUT2D eigenvalue weighted by Crippen LogP contribution is -2.52. The first kappa shape index (κ1) is 25.3. The number of carbonyl (C=O) groups is 2. The van der Waals surface area contributed by atoms with Gasteiger partial charge in [0.1, 0.15) is 18.4 Å². The van der Waals surface area contributed by atoms with Crippen molar-refractivity contribution in [2.45, 2.75) is 45.8 Å². The zero-order valence-electron chi connectivity index (χ0n) is 18.8. The summed E-state index contributed by atoms with van der Waals surface area (Å²) in [5, 5.41) is 2.85. The van der Waals surface area contributed by atoms with Crippen molar-refractivity contribution in [3.63, 3.8) is 0 Å². The third-order valence-electron chi connectivity index (χ3n) is 5.16. The molecule has 0 radical (unpaired) electrons. The molecule has 2 amide bonds. The van der Waals surface area contributed by atoms with E-state index >= 15 is 0 Å². The SMILES string of the molecule is CC[C@@H](C)NC(=O)[C@@H](C)N(Cc1ccccc1)C(=O)CN(c1ccccc1F)S(C)(=O)=O. The Kier molecular flexibility index (Phi) is 8.77. The van der Waals surface area contributed by atoms with Gasteiger partial charge in [0.25, 0.3) is 0 Å². The molecule has 32 heavy (non-hydrogen) atoms. The number of amides is 2. The number of halogens is 1. The van der Waals surface area contributed by atoms with Crippen LogP contribution in [-0.4, -0.2) is 50.0 Å². The van der Waals surface area contributed by atoms with Crippen LogP contribution in [0.15, 0.2) is 54.6 Å². The molecule has 0 aliphatic carbocycles. The topological polar surface area (TPSA) is 86.8 Å². The fraction of sp³-hybridized carbons (Fsp3) is 0.391. The van der Waals surface area contributed by atoms with Crippen molar-refractivity contribution in [3.05, 3.63) is 66.0 Å². The van der Waals surface area contributed by atoms with Crippen molar-refractivity contribution in [1.82, 2.24) is 10.2 Å². The van der Waals surface area contributed by atoms with Gasteiger partial charge >= 0.3 is 0 Å². The minimum Gasteiger partial charge on any atom is -0.352 e. The predicted molar refractivity (Wildman–Crippen MR) is 123 cm³/mol. The third-order valence-corrected chi connectivity index (χ3v) is 6.29. The van der Waals surface area contributed by atoms with Crippen LogP contribution in [0.25, 0.3) is 0 Å². The largest absolute Gasteiger partial charge is 0.352 e. The molecule has 0 spiro atoms. The Balaban J connectivity index is 2.37. The molecule has 0 aromatic heterocycles. The maximum atomic E-state index is 14.3. The fourth-order valence-electron chi connectivity index (χ4n) is 3.08. The summed E-state index contributed by atoms with van der Waals surface area (Å²) in [7, 11) is -3.97. The first-order valence-electron chi connectivity index (χ1n) is 10.4. The monoisotopic (exact) mass is 463 g/mol. The average molecular weight is 464 g/mol. The van der Waals surface area contributed by atoms with E-state index in [0.29, 0.717) is 0 Å². The lowest BCUT2D eigenvalue weighted by atomic mass is 10.1. The number of hydrogen-bond donors (Lipinski definition) is 1. The molecule has 0 heterocycles. The molecule has 174 valence electrons. The Morgan fingerprint density at radius 2 is 1.62 bits per heavy atom. The molecule has 2 aromatic rings. The van der Waals surface area contributed by atoms with E-state index in [1.54, 1.807) is 6.92 Å². The second-order valence-electron chi connectivity index (χ2n) is 7.72. The summed E-state index contributed by atoms with van der Waals surface area (Å²) < 4.78 is 39.9. The summed E-state index contributed by atoms with van der Waals surface area (Å²) in [6.45, 7) is 4.85. The van der Waals surface area contributed by atoms with Gasteiger partial charge in [0.05, 0.1) is 11.9 Å². The number of carbonyl (C=O) groups excluding carboxylic acids is 2. The molecule has 2 aromatic carbocycles. The van der Waals surface area contributed by atoms with E-state index in [1.165, 1.54) is 23.1 Å². The summed E-state index contributed by atoms with van der Waals surface area (Å²) in [4.78, 5) is 27.4. The van der Waals surface area contributed by atoms with E-state index in [0.717, 1.165) is 28.6 Å². The number of benzene rings is 2. The normalized spacial score (nSPS) is 13.2. The van der Waals surface area contributed by atoms with Crippen molar-refractivity contribution in [2.24, 2.45) is 0 Å². The first-order valence-corrected chi connectivity index (χ1v) is 12.3. The molecule has 1 N–H and O–H groups in total. The van der Waals surface area contributed by atoms with Gasteiger partial charge < -0.3 is 10.2 Å². The van der Waals surface area contributed by atoms with Gasteiger partial charge in [-0.1, -0.05) is 49.4 Å². The molecule has 2 atom stereocenters. The smallest absolute Gasteiger partial charge is 0.244 e. The van der Waals surface area contributed by atoms with Crippen LogP contribution in [-0.2, 0) is 26.2 Å². The van der Waals surface area contributed by atoms with Crippen LogP contribution < -0.4 is 9.62 Å². The molecule has 0 fully saturated rings. The van der Waals surface area contributed by atoms with Crippen LogP contribution >= 0.6 is 0 Å². The van der Waals surface area contributed by atoms with Gasteiger partial charge in [-0.05, 0) is 38.0 Å². The van der Waals surface area contributed by atoms with E-state index < -0.39 is 34.3 Å². The van der Waals surface area contributed by atoms with Gasteiger partial charge in [-0.15, -0.1) is 0 Å². The molecular weight excluding hydrogens is 433 g/mol. The van der Waals surface area contributed by atoms with Crippen LogP contribution in [0.3, 0.4) is 0 Å². The van der Waals surface area contributed by atoms with E-state index in [1.807, 2.05) is 44.2 Å². The van der Waals surface area contributed by atoms with E-state index in [2.05, 4.69) is 5.32 Å². The van der Waals surface area contributed by atoms with Crippen LogP contribution in [0.1, 0.15) is 32.8 Å². The number of nitrogens with one attached hydrogen (secondary N) is 1. The molecular formula is C23H30FN3O4S. The summed E-state index contributed by atoms with van der Waals surface area (Å²) in [5.74, 6) is -1.72. The van der Waals surface area contributed by atoms with Crippen LogP contribution in [0.5, 0.6) is 0 Å². The number of rotatable bonds is 10. The molecule has 0 unspecified atom stereocenters. The van der Waals surface area contributed by atoms with Crippen molar-refractivity contribution in [2.75, 3.05) is 17.1 Å². The quantitative estimate of drug-likeness (QED) is 0.587. The van der Waals surface area contributed by atoms with Gasteiger partial charge in [0.2, 0.25) is 21.8 Å². The second kappa shape index (κ2) is 11.1. The Labute approximate surface area is 189 Å². The summed E-state index contributed by atoms with van der Waals surface area (Å²) in [5.41, 5.74) is 0.556. The van der Waals surface area contributed by atoms with E-state index in [9.17, 15) is 22.4 Å². The van der Waals surface area contributed by atoms with Gasteiger partial charge in [-0.25, -0.2) is 12.8 Å². The van der Waals surface area contributed by atoms with Crippen molar-refractivity contribution in [1.29, 1.82) is 0 Å².